The van der Waals surface area contributed by atoms with E-state index in [1.54, 1.807) is 35.1 Å². The summed E-state index contributed by atoms with van der Waals surface area (Å²) in [5.41, 5.74) is 1.55. The lowest BCUT2D eigenvalue weighted by Crippen LogP contribution is -2.37. The molecular weight excluding hydrogens is 344 g/mol. The fourth-order valence-electron chi connectivity index (χ4n) is 3.05. The Morgan fingerprint density at radius 3 is 2.44 bits per heavy atom. The monoisotopic (exact) mass is 368 g/mol. The van der Waals surface area contributed by atoms with Crippen molar-refractivity contribution in [1.29, 1.82) is 0 Å². The maximum Gasteiger partial charge on any atom is 0.410 e. The van der Waals surface area contributed by atoms with E-state index in [9.17, 15) is 9.59 Å². The van der Waals surface area contributed by atoms with Crippen LogP contribution in [-0.2, 0) is 11.3 Å². The molecule has 2 amide bonds. The molecule has 0 spiro atoms. The Morgan fingerprint density at radius 1 is 0.926 bits per heavy atom. The molecule has 1 heterocycles. The van der Waals surface area contributed by atoms with Gasteiger partial charge in [0, 0.05) is 31.7 Å². The van der Waals surface area contributed by atoms with Gasteiger partial charge in [0.05, 0.1) is 7.11 Å². The number of benzene rings is 2. The normalized spacial score (nSPS) is 14.4. The SMILES string of the molecule is COc1cccc(C(=O)N2CCCN(C(=O)OCc3ccccc3)CC2)c1. The van der Waals surface area contributed by atoms with Gasteiger partial charge in [-0.3, -0.25) is 4.79 Å². The van der Waals surface area contributed by atoms with E-state index < -0.39 is 0 Å². The average Bonchev–Trinajstić information content (AvgIpc) is 2.98. The standard InChI is InChI=1S/C21H24N2O4/c1-26-19-10-5-9-18(15-19)20(24)22-11-6-12-23(14-13-22)21(25)27-16-17-7-3-2-4-8-17/h2-5,7-10,15H,6,11-14,16H2,1H3. The highest BCUT2D eigenvalue weighted by molar-refractivity contribution is 5.94. The number of ether oxygens (including phenoxy) is 2. The van der Waals surface area contributed by atoms with Gasteiger partial charge < -0.3 is 19.3 Å². The van der Waals surface area contributed by atoms with Crippen LogP contribution >= 0.6 is 0 Å². The number of rotatable bonds is 4. The van der Waals surface area contributed by atoms with Crippen LogP contribution < -0.4 is 4.74 Å². The predicted molar refractivity (Wildman–Crippen MR) is 102 cm³/mol. The first-order valence-electron chi connectivity index (χ1n) is 9.06. The Kier molecular flexibility index (Phi) is 6.30. The molecule has 0 N–H and O–H groups in total. The lowest BCUT2D eigenvalue weighted by molar-refractivity contribution is 0.0748. The largest absolute Gasteiger partial charge is 0.497 e. The summed E-state index contributed by atoms with van der Waals surface area (Å²) in [6.45, 7) is 2.39. The molecule has 0 saturated carbocycles. The van der Waals surface area contributed by atoms with Crippen molar-refractivity contribution in [3.05, 3.63) is 65.7 Å². The molecule has 0 unspecified atom stereocenters. The Balaban J connectivity index is 1.55. The van der Waals surface area contributed by atoms with E-state index in [0.717, 1.165) is 12.0 Å². The first-order chi connectivity index (χ1) is 13.2. The summed E-state index contributed by atoms with van der Waals surface area (Å²) >= 11 is 0. The van der Waals surface area contributed by atoms with Gasteiger partial charge in [-0.25, -0.2) is 4.79 Å². The Bertz CT molecular complexity index is 779. The van der Waals surface area contributed by atoms with Crippen molar-refractivity contribution in [3.8, 4) is 5.75 Å². The first kappa shape index (κ1) is 18.8. The molecule has 2 aromatic rings. The van der Waals surface area contributed by atoms with Gasteiger partial charge in [0.25, 0.3) is 5.91 Å². The Hall–Kier alpha value is -3.02. The number of hydrogen-bond donors (Lipinski definition) is 0. The van der Waals surface area contributed by atoms with Crippen molar-refractivity contribution in [3.63, 3.8) is 0 Å². The second kappa shape index (κ2) is 9.07. The predicted octanol–water partition coefficient (Wildman–Crippen LogP) is 3.18. The quantitative estimate of drug-likeness (QED) is 0.832. The van der Waals surface area contributed by atoms with E-state index in [-0.39, 0.29) is 18.6 Å². The van der Waals surface area contributed by atoms with Gasteiger partial charge in [0.15, 0.2) is 0 Å². The van der Waals surface area contributed by atoms with Gasteiger partial charge in [-0.2, -0.15) is 0 Å². The average molecular weight is 368 g/mol. The minimum Gasteiger partial charge on any atom is -0.497 e. The number of amides is 2. The van der Waals surface area contributed by atoms with E-state index in [2.05, 4.69) is 0 Å². The topological polar surface area (TPSA) is 59.1 Å². The van der Waals surface area contributed by atoms with E-state index in [1.165, 1.54) is 0 Å². The van der Waals surface area contributed by atoms with Crippen molar-refractivity contribution in [2.24, 2.45) is 0 Å². The van der Waals surface area contributed by atoms with E-state index >= 15 is 0 Å². The van der Waals surface area contributed by atoms with Crippen LogP contribution in [0.2, 0.25) is 0 Å². The third-order valence-electron chi connectivity index (χ3n) is 4.56. The molecule has 1 aliphatic heterocycles. The molecule has 142 valence electrons. The summed E-state index contributed by atoms with van der Waals surface area (Å²) in [5, 5.41) is 0. The molecular formula is C21H24N2O4. The van der Waals surface area contributed by atoms with Crippen molar-refractivity contribution in [1.82, 2.24) is 9.80 Å². The number of nitrogens with zero attached hydrogens (tertiary/aromatic N) is 2. The van der Waals surface area contributed by atoms with Crippen LogP contribution in [0.5, 0.6) is 5.75 Å². The van der Waals surface area contributed by atoms with Gasteiger partial charge >= 0.3 is 6.09 Å². The van der Waals surface area contributed by atoms with Crippen LogP contribution in [0.15, 0.2) is 54.6 Å². The molecule has 0 bridgehead atoms. The molecule has 1 saturated heterocycles. The van der Waals surface area contributed by atoms with Crippen molar-refractivity contribution >= 4 is 12.0 Å². The molecule has 1 aliphatic rings. The van der Waals surface area contributed by atoms with E-state index in [0.29, 0.717) is 37.5 Å². The van der Waals surface area contributed by atoms with Gasteiger partial charge in [-0.15, -0.1) is 0 Å². The van der Waals surface area contributed by atoms with Crippen molar-refractivity contribution < 1.29 is 19.1 Å². The van der Waals surface area contributed by atoms with Crippen LogP contribution in [0.25, 0.3) is 0 Å². The summed E-state index contributed by atoms with van der Waals surface area (Å²) in [5.74, 6) is 0.607. The summed E-state index contributed by atoms with van der Waals surface area (Å²) in [7, 11) is 1.58. The zero-order chi connectivity index (χ0) is 19.1. The van der Waals surface area contributed by atoms with Gasteiger partial charge in [-0.05, 0) is 30.2 Å². The smallest absolute Gasteiger partial charge is 0.410 e. The Morgan fingerprint density at radius 2 is 1.67 bits per heavy atom. The fourth-order valence-corrected chi connectivity index (χ4v) is 3.05. The molecule has 0 atom stereocenters. The molecule has 0 radical (unpaired) electrons. The molecule has 0 aromatic heterocycles. The molecule has 6 heteroatoms. The van der Waals surface area contributed by atoms with Crippen LogP contribution in [0, 0.1) is 0 Å². The van der Waals surface area contributed by atoms with Crippen molar-refractivity contribution in [2.45, 2.75) is 13.0 Å². The zero-order valence-electron chi connectivity index (χ0n) is 15.5. The summed E-state index contributed by atoms with van der Waals surface area (Å²) in [4.78, 5) is 28.5. The van der Waals surface area contributed by atoms with Gasteiger partial charge in [0.2, 0.25) is 0 Å². The molecule has 1 fully saturated rings. The molecule has 0 aliphatic carbocycles. The second-order valence-electron chi connectivity index (χ2n) is 6.40. The maximum absolute atomic E-state index is 12.7. The molecule has 3 rings (SSSR count). The van der Waals surface area contributed by atoms with Crippen molar-refractivity contribution in [2.75, 3.05) is 33.3 Å². The van der Waals surface area contributed by atoms with Crippen LogP contribution in [0.1, 0.15) is 22.3 Å². The van der Waals surface area contributed by atoms with Gasteiger partial charge in [-0.1, -0.05) is 36.4 Å². The third kappa shape index (κ3) is 5.00. The number of carbonyl (C=O) groups is 2. The zero-order valence-corrected chi connectivity index (χ0v) is 15.5. The number of methoxy groups -OCH3 is 1. The lowest BCUT2D eigenvalue weighted by atomic mass is 10.2. The molecule has 27 heavy (non-hydrogen) atoms. The number of hydrogen-bond acceptors (Lipinski definition) is 4. The maximum atomic E-state index is 12.7. The second-order valence-corrected chi connectivity index (χ2v) is 6.40. The van der Waals surface area contributed by atoms with E-state index in [1.807, 2.05) is 36.4 Å². The van der Waals surface area contributed by atoms with Crippen LogP contribution in [-0.4, -0.2) is 55.1 Å². The minimum absolute atomic E-state index is 0.0478. The highest BCUT2D eigenvalue weighted by atomic mass is 16.6. The lowest BCUT2D eigenvalue weighted by Gasteiger charge is -2.22. The highest BCUT2D eigenvalue weighted by Crippen LogP contribution is 2.16. The fraction of sp³-hybridized carbons (Fsp3) is 0.333. The first-order valence-corrected chi connectivity index (χ1v) is 9.06. The molecule has 6 nitrogen and oxygen atoms in total. The van der Waals surface area contributed by atoms with Crippen LogP contribution in [0.3, 0.4) is 0 Å². The van der Waals surface area contributed by atoms with Gasteiger partial charge in [0.1, 0.15) is 12.4 Å². The summed E-state index contributed by atoms with van der Waals surface area (Å²) < 4.78 is 10.6. The number of carbonyl (C=O) groups excluding carboxylic acids is 2. The van der Waals surface area contributed by atoms with Crippen LogP contribution in [0.4, 0.5) is 4.79 Å². The Labute approximate surface area is 159 Å². The molecule has 2 aromatic carbocycles. The highest BCUT2D eigenvalue weighted by Gasteiger charge is 2.23. The third-order valence-corrected chi connectivity index (χ3v) is 4.56. The summed E-state index contributed by atoms with van der Waals surface area (Å²) in [6, 6.07) is 16.7. The summed E-state index contributed by atoms with van der Waals surface area (Å²) in [6.07, 6.45) is 0.380. The van der Waals surface area contributed by atoms with E-state index in [4.69, 9.17) is 9.47 Å². The minimum atomic E-state index is -0.338.